The average Bonchev–Trinajstić information content (AvgIpc) is 2.77. The van der Waals surface area contributed by atoms with Crippen LogP contribution in [-0.2, 0) is 4.79 Å². The van der Waals surface area contributed by atoms with Crippen LogP contribution in [0.1, 0.15) is 51.0 Å². The van der Waals surface area contributed by atoms with Gasteiger partial charge in [0.05, 0.1) is 11.0 Å². The molecule has 21 heavy (non-hydrogen) atoms. The molecule has 0 aromatic carbocycles. The lowest BCUT2D eigenvalue weighted by Crippen LogP contribution is -2.51. The average molecular weight is 311 g/mol. The van der Waals surface area contributed by atoms with E-state index in [2.05, 4.69) is 0 Å². The topological polar surface area (TPSA) is 89.5 Å². The molecule has 1 fully saturated rings. The molecule has 0 aliphatic carbocycles. The van der Waals surface area contributed by atoms with Crippen LogP contribution in [0.5, 0.6) is 0 Å². The zero-order valence-corrected chi connectivity index (χ0v) is 13.4. The van der Waals surface area contributed by atoms with E-state index in [4.69, 9.17) is 5.73 Å². The molecule has 0 spiro atoms. The maximum Gasteiger partial charge on any atom is 0.324 e. The van der Waals surface area contributed by atoms with Gasteiger partial charge >= 0.3 is 5.00 Å². The fourth-order valence-corrected chi connectivity index (χ4v) is 3.83. The predicted molar refractivity (Wildman–Crippen MR) is 82.1 cm³/mol. The molecule has 2 N–H and O–H groups in total. The number of hydrogen-bond donors (Lipinski definition) is 1. The van der Waals surface area contributed by atoms with Gasteiger partial charge in [-0.15, -0.1) is 0 Å². The Morgan fingerprint density at radius 2 is 2.10 bits per heavy atom. The predicted octanol–water partition coefficient (Wildman–Crippen LogP) is 2.84. The van der Waals surface area contributed by atoms with Crippen LogP contribution < -0.4 is 5.73 Å². The van der Waals surface area contributed by atoms with E-state index in [0.29, 0.717) is 6.42 Å². The van der Waals surface area contributed by atoms with Crippen molar-refractivity contribution in [1.82, 2.24) is 4.90 Å². The van der Waals surface area contributed by atoms with Gasteiger partial charge in [0.1, 0.15) is 0 Å². The minimum absolute atomic E-state index is 0.0662. The van der Waals surface area contributed by atoms with Gasteiger partial charge in [-0.3, -0.25) is 14.9 Å². The van der Waals surface area contributed by atoms with Crippen LogP contribution in [0.15, 0.2) is 12.1 Å². The molecule has 1 amide bonds. The Labute approximate surface area is 128 Å². The van der Waals surface area contributed by atoms with Crippen LogP contribution in [-0.4, -0.2) is 27.3 Å². The highest BCUT2D eigenvalue weighted by molar-refractivity contribution is 7.15. The minimum atomic E-state index is -0.403. The highest BCUT2D eigenvalue weighted by Gasteiger charge is 2.40. The molecule has 0 radical (unpaired) electrons. The van der Waals surface area contributed by atoms with Gasteiger partial charge in [0, 0.05) is 28.9 Å². The molecule has 1 aromatic rings. The Hall–Kier alpha value is -1.47. The summed E-state index contributed by atoms with van der Waals surface area (Å²) in [6.45, 7) is 5.91. The first kappa shape index (κ1) is 15.9. The number of nitrogens with two attached hydrogens (primary N) is 1. The zero-order chi connectivity index (χ0) is 15.8. The molecular formula is C14H21N3O3S. The maximum absolute atomic E-state index is 12.5. The largest absolute Gasteiger partial charge is 0.328 e. The van der Waals surface area contributed by atoms with E-state index in [1.54, 1.807) is 11.0 Å². The lowest BCUT2D eigenvalue weighted by atomic mass is 9.97. The van der Waals surface area contributed by atoms with Crippen molar-refractivity contribution in [1.29, 1.82) is 0 Å². The summed E-state index contributed by atoms with van der Waals surface area (Å²) in [5, 5.41) is 11.0. The molecule has 0 bridgehead atoms. The summed E-state index contributed by atoms with van der Waals surface area (Å²) in [5.41, 5.74) is 5.92. The Morgan fingerprint density at radius 1 is 1.43 bits per heavy atom. The molecule has 1 aliphatic heterocycles. The summed E-state index contributed by atoms with van der Waals surface area (Å²) >= 11 is 1.11. The summed E-state index contributed by atoms with van der Waals surface area (Å²) in [5.74, 6) is 0.0662. The second-order valence-corrected chi connectivity index (χ2v) is 7.46. The van der Waals surface area contributed by atoms with E-state index >= 15 is 0 Å². The van der Waals surface area contributed by atoms with E-state index in [1.165, 1.54) is 6.07 Å². The molecular weight excluding hydrogens is 290 g/mol. The summed E-state index contributed by atoms with van der Waals surface area (Å²) in [6, 6.07) is 2.72. The monoisotopic (exact) mass is 311 g/mol. The van der Waals surface area contributed by atoms with Gasteiger partial charge in [-0.2, -0.15) is 0 Å². The first-order chi connectivity index (χ1) is 9.71. The Morgan fingerprint density at radius 3 is 2.62 bits per heavy atom. The number of nitro groups is 1. The van der Waals surface area contributed by atoms with Crippen LogP contribution in [0.3, 0.4) is 0 Å². The summed E-state index contributed by atoms with van der Waals surface area (Å²) in [4.78, 5) is 25.6. The van der Waals surface area contributed by atoms with E-state index in [9.17, 15) is 14.9 Å². The lowest BCUT2D eigenvalue weighted by Gasteiger charge is -2.42. The van der Waals surface area contributed by atoms with Gasteiger partial charge < -0.3 is 10.6 Å². The van der Waals surface area contributed by atoms with Crippen molar-refractivity contribution in [2.24, 2.45) is 5.73 Å². The van der Waals surface area contributed by atoms with E-state index in [-0.39, 0.29) is 28.5 Å². The molecule has 1 aromatic heterocycles. The van der Waals surface area contributed by atoms with Crippen molar-refractivity contribution in [2.75, 3.05) is 0 Å². The number of likely N-dealkylation sites (tertiary alicyclic amines) is 1. The fraction of sp³-hybridized carbons (Fsp3) is 0.643. The Kier molecular flexibility index (Phi) is 4.34. The van der Waals surface area contributed by atoms with E-state index in [0.717, 1.165) is 29.1 Å². The molecule has 2 unspecified atom stereocenters. The summed E-state index contributed by atoms with van der Waals surface area (Å²) in [6.07, 6.45) is 1.99. The third-order valence-corrected chi connectivity index (χ3v) is 4.79. The minimum Gasteiger partial charge on any atom is -0.328 e. The van der Waals surface area contributed by atoms with E-state index in [1.807, 2.05) is 20.8 Å². The van der Waals surface area contributed by atoms with Gasteiger partial charge in [0.25, 0.3) is 0 Å². The molecule has 1 aliphatic rings. The number of carbonyl (C=O) groups is 1. The molecule has 2 atom stereocenters. The first-order valence-corrected chi connectivity index (χ1v) is 7.85. The molecule has 116 valence electrons. The number of amides is 1. The molecule has 6 nitrogen and oxygen atoms in total. The third kappa shape index (κ3) is 3.24. The summed E-state index contributed by atoms with van der Waals surface area (Å²) < 4.78 is 0. The second kappa shape index (κ2) is 5.73. The molecule has 2 heterocycles. The van der Waals surface area contributed by atoms with Crippen molar-refractivity contribution < 1.29 is 9.72 Å². The van der Waals surface area contributed by atoms with Crippen LogP contribution >= 0.6 is 11.3 Å². The smallest absolute Gasteiger partial charge is 0.324 e. The van der Waals surface area contributed by atoms with Gasteiger partial charge in [-0.25, -0.2) is 0 Å². The highest BCUT2D eigenvalue weighted by Crippen LogP contribution is 2.39. The maximum atomic E-state index is 12.5. The third-order valence-electron chi connectivity index (χ3n) is 3.69. The number of nitrogens with zero attached hydrogens (tertiary/aromatic N) is 2. The normalized spacial score (nSPS) is 24.0. The quantitative estimate of drug-likeness (QED) is 0.671. The number of hydrogen-bond acceptors (Lipinski definition) is 5. The van der Waals surface area contributed by atoms with Crippen LogP contribution in [0, 0.1) is 10.1 Å². The van der Waals surface area contributed by atoms with Crippen molar-refractivity contribution >= 4 is 22.2 Å². The Balaban J connectivity index is 2.46. The van der Waals surface area contributed by atoms with Crippen molar-refractivity contribution in [2.45, 2.75) is 57.7 Å². The van der Waals surface area contributed by atoms with Crippen molar-refractivity contribution in [3.63, 3.8) is 0 Å². The van der Waals surface area contributed by atoms with Gasteiger partial charge in [-0.05, 0) is 39.7 Å². The summed E-state index contributed by atoms with van der Waals surface area (Å²) in [7, 11) is 0. The number of carbonyl (C=O) groups excluding carboxylic acids is 1. The van der Waals surface area contributed by atoms with Crippen LogP contribution in [0.25, 0.3) is 0 Å². The molecule has 7 heteroatoms. The number of rotatable bonds is 2. The van der Waals surface area contributed by atoms with Gasteiger partial charge in [-0.1, -0.05) is 11.3 Å². The Bertz CT molecular complexity index is 550. The second-order valence-electron chi connectivity index (χ2n) is 6.37. The molecule has 2 rings (SSSR count). The first-order valence-electron chi connectivity index (χ1n) is 7.03. The van der Waals surface area contributed by atoms with Gasteiger partial charge in [0.2, 0.25) is 5.91 Å². The number of thiophene rings is 1. The van der Waals surface area contributed by atoms with Crippen LogP contribution in [0.4, 0.5) is 5.00 Å². The lowest BCUT2D eigenvalue weighted by molar-refractivity contribution is -0.380. The zero-order valence-electron chi connectivity index (χ0n) is 12.5. The van der Waals surface area contributed by atoms with Crippen molar-refractivity contribution in [3.05, 3.63) is 27.1 Å². The van der Waals surface area contributed by atoms with E-state index < -0.39 is 4.92 Å². The molecule has 0 saturated carbocycles. The fourth-order valence-electron chi connectivity index (χ4n) is 2.84. The SMILES string of the molecule is CC(C)(C)N1C(=O)CCCC(N)C1c1ccc([N+](=O)[O-])s1. The molecule has 1 saturated heterocycles. The van der Waals surface area contributed by atoms with Gasteiger partial charge in [0.15, 0.2) is 0 Å². The highest BCUT2D eigenvalue weighted by atomic mass is 32.1. The van der Waals surface area contributed by atoms with Crippen LogP contribution in [0.2, 0.25) is 0 Å². The standard InChI is InChI=1S/C14H21N3O3S/c1-14(2,3)16-11(18)6-4-5-9(15)13(16)10-7-8-12(21-10)17(19)20/h7-9,13H,4-6,15H2,1-3H3. The van der Waals surface area contributed by atoms with Crippen molar-refractivity contribution in [3.8, 4) is 0 Å².